The SMILES string of the molecule is COCCN(C(=O)Cc1ccccc1OC)c1nc2c(s1)CCc1c-2cnn1C. The molecule has 0 atom stereocenters. The van der Waals surface area contributed by atoms with Crippen molar-refractivity contribution in [1.29, 1.82) is 0 Å². The summed E-state index contributed by atoms with van der Waals surface area (Å²) in [7, 11) is 5.21. The average Bonchev–Trinajstić information content (AvgIpc) is 3.32. The number of benzene rings is 1. The first-order valence-corrected chi connectivity index (χ1v) is 10.4. The Bertz CT molecular complexity index is 1030. The van der Waals surface area contributed by atoms with Crippen molar-refractivity contribution in [2.75, 3.05) is 32.3 Å². The van der Waals surface area contributed by atoms with E-state index in [1.165, 1.54) is 10.6 Å². The largest absolute Gasteiger partial charge is 0.496 e. The third kappa shape index (κ3) is 3.77. The number of aromatic nitrogens is 3. The molecule has 3 aromatic rings. The van der Waals surface area contributed by atoms with Crippen LogP contribution in [-0.4, -0.2) is 48.0 Å². The second-order valence-corrected chi connectivity index (χ2v) is 7.99. The molecule has 8 heteroatoms. The first-order valence-electron chi connectivity index (χ1n) is 9.54. The Morgan fingerprint density at radius 3 is 2.90 bits per heavy atom. The van der Waals surface area contributed by atoms with Gasteiger partial charge in [-0.15, -0.1) is 11.3 Å². The normalized spacial score (nSPS) is 12.4. The van der Waals surface area contributed by atoms with Gasteiger partial charge in [0.2, 0.25) is 5.91 Å². The summed E-state index contributed by atoms with van der Waals surface area (Å²) < 4.78 is 12.6. The fraction of sp³-hybridized carbons (Fsp3) is 0.381. The number of nitrogens with zero attached hydrogens (tertiary/aromatic N) is 4. The maximum Gasteiger partial charge on any atom is 0.233 e. The van der Waals surface area contributed by atoms with E-state index in [1.807, 2.05) is 42.2 Å². The van der Waals surface area contributed by atoms with Gasteiger partial charge in [0.05, 0.1) is 38.6 Å². The number of aryl methyl sites for hydroxylation is 2. The van der Waals surface area contributed by atoms with E-state index >= 15 is 0 Å². The fourth-order valence-corrected chi connectivity index (χ4v) is 4.76. The lowest BCUT2D eigenvalue weighted by Crippen LogP contribution is -2.35. The molecule has 7 nitrogen and oxygen atoms in total. The lowest BCUT2D eigenvalue weighted by Gasteiger charge is -2.20. The number of anilines is 1. The molecule has 1 amide bonds. The summed E-state index contributed by atoms with van der Waals surface area (Å²) in [5.74, 6) is 0.690. The summed E-state index contributed by atoms with van der Waals surface area (Å²) in [6.45, 7) is 0.900. The minimum atomic E-state index is -0.0240. The molecule has 1 aliphatic carbocycles. The van der Waals surface area contributed by atoms with Gasteiger partial charge in [0.25, 0.3) is 0 Å². The molecule has 0 unspecified atom stereocenters. The van der Waals surface area contributed by atoms with Crippen molar-refractivity contribution in [3.8, 4) is 17.0 Å². The van der Waals surface area contributed by atoms with Gasteiger partial charge in [-0.3, -0.25) is 14.4 Å². The minimum Gasteiger partial charge on any atom is -0.496 e. The third-order valence-corrected chi connectivity index (χ3v) is 6.31. The number of hydrogen-bond donors (Lipinski definition) is 0. The Kier molecular flexibility index (Phi) is 5.64. The Balaban J connectivity index is 1.64. The van der Waals surface area contributed by atoms with Gasteiger partial charge in [-0.1, -0.05) is 18.2 Å². The monoisotopic (exact) mass is 412 g/mol. The van der Waals surface area contributed by atoms with Gasteiger partial charge in [0, 0.05) is 35.9 Å². The molecule has 0 bridgehead atoms. The Morgan fingerprint density at radius 2 is 2.10 bits per heavy atom. The van der Waals surface area contributed by atoms with Gasteiger partial charge >= 0.3 is 0 Å². The maximum absolute atomic E-state index is 13.2. The summed E-state index contributed by atoms with van der Waals surface area (Å²) in [4.78, 5) is 21.0. The highest BCUT2D eigenvalue weighted by atomic mass is 32.1. The van der Waals surface area contributed by atoms with Crippen molar-refractivity contribution in [3.05, 3.63) is 46.6 Å². The van der Waals surface area contributed by atoms with Gasteiger partial charge in [-0.25, -0.2) is 4.98 Å². The number of fused-ring (bicyclic) bond motifs is 3. The number of carbonyl (C=O) groups is 1. The van der Waals surface area contributed by atoms with E-state index < -0.39 is 0 Å². The highest BCUT2D eigenvalue weighted by Gasteiger charge is 2.27. The predicted octanol–water partition coefficient (Wildman–Crippen LogP) is 2.87. The number of carbonyl (C=O) groups excluding carboxylic acids is 1. The van der Waals surface area contributed by atoms with Crippen LogP contribution in [0.3, 0.4) is 0 Å². The second-order valence-electron chi connectivity index (χ2n) is 6.92. The number of hydrogen-bond acceptors (Lipinski definition) is 6. The first-order chi connectivity index (χ1) is 14.1. The molecule has 4 rings (SSSR count). The molecule has 2 heterocycles. The van der Waals surface area contributed by atoms with E-state index in [1.54, 1.807) is 30.5 Å². The van der Waals surface area contributed by atoms with E-state index in [0.29, 0.717) is 24.0 Å². The molecule has 0 saturated carbocycles. The van der Waals surface area contributed by atoms with Crippen molar-refractivity contribution in [1.82, 2.24) is 14.8 Å². The minimum absolute atomic E-state index is 0.0240. The van der Waals surface area contributed by atoms with Gasteiger partial charge in [-0.2, -0.15) is 5.10 Å². The zero-order valence-corrected chi connectivity index (χ0v) is 17.7. The molecule has 1 aliphatic rings. The van der Waals surface area contributed by atoms with Crippen LogP contribution < -0.4 is 9.64 Å². The van der Waals surface area contributed by atoms with Crippen LogP contribution in [0.25, 0.3) is 11.3 Å². The maximum atomic E-state index is 13.2. The summed E-state index contributed by atoms with van der Waals surface area (Å²) >= 11 is 1.59. The van der Waals surface area contributed by atoms with Gasteiger partial charge in [0.1, 0.15) is 5.75 Å². The first kappa shape index (κ1) is 19.6. The summed E-state index contributed by atoms with van der Waals surface area (Å²) in [6.07, 6.45) is 3.97. The van der Waals surface area contributed by atoms with E-state index in [-0.39, 0.29) is 12.3 Å². The van der Waals surface area contributed by atoms with Crippen LogP contribution in [0.5, 0.6) is 5.75 Å². The molecule has 0 spiro atoms. The van der Waals surface area contributed by atoms with Crippen LogP contribution in [0.4, 0.5) is 5.13 Å². The Hall–Kier alpha value is -2.71. The highest BCUT2D eigenvalue weighted by Crippen LogP contribution is 2.39. The summed E-state index contributed by atoms with van der Waals surface area (Å²) in [6, 6.07) is 7.60. The van der Waals surface area contributed by atoms with Gasteiger partial charge in [-0.05, 0) is 18.9 Å². The van der Waals surface area contributed by atoms with Crippen LogP contribution in [-0.2, 0) is 35.8 Å². The number of amides is 1. The number of para-hydroxylation sites is 1. The van der Waals surface area contributed by atoms with Crippen molar-refractivity contribution in [3.63, 3.8) is 0 Å². The van der Waals surface area contributed by atoms with Crippen LogP contribution >= 0.6 is 11.3 Å². The van der Waals surface area contributed by atoms with Crippen LogP contribution in [0.2, 0.25) is 0 Å². The lowest BCUT2D eigenvalue weighted by molar-refractivity contribution is -0.118. The highest BCUT2D eigenvalue weighted by molar-refractivity contribution is 7.16. The van der Waals surface area contributed by atoms with Crippen LogP contribution in [0, 0.1) is 0 Å². The van der Waals surface area contributed by atoms with Crippen LogP contribution in [0.1, 0.15) is 16.1 Å². The molecule has 0 saturated heterocycles. The number of rotatable bonds is 7. The molecule has 0 fully saturated rings. The summed E-state index contributed by atoms with van der Waals surface area (Å²) in [5, 5.41) is 5.09. The number of ether oxygens (including phenoxy) is 2. The van der Waals surface area contributed by atoms with Gasteiger partial charge in [0.15, 0.2) is 5.13 Å². The lowest BCUT2D eigenvalue weighted by atomic mass is 10.0. The zero-order valence-electron chi connectivity index (χ0n) is 16.8. The molecular weight excluding hydrogens is 388 g/mol. The van der Waals surface area contributed by atoms with Crippen molar-refractivity contribution >= 4 is 22.4 Å². The predicted molar refractivity (Wildman–Crippen MR) is 113 cm³/mol. The smallest absolute Gasteiger partial charge is 0.233 e. The van der Waals surface area contributed by atoms with Crippen molar-refractivity contribution in [2.24, 2.45) is 7.05 Å². The molecule has 2 aromatic heterocycles. The van der Waals surface area contributed by atoms with Gasteiger partial charge < -0.3 is 9.47 Å². The molecule has 1 aromatic carbocycles. The topological polar surface area (TPSA) is 69.5 Å². The van der Waals surface area contributed by atoms with E-state index in [9.17, 15) is 4.79 Å². The quantitative estimate of drug-likeness (QED) is 0.597. The van der Waals surface area contributed by atoms with Crippen molar-refractivity contribution in [2.45, 2.75) is 19.3 Å². The van der Waals surface area contributed by atoms with E-state index in [0.717, 1.165) is 29.7 Å². The summed E-state index contributed by atoms with van der Waals surface area (Å²) in [5.41, 5.74) is 4.07. The fourth-order valence-electron chi connectivity index (χ4n) is 3.64. The Labute approximate surface area is 173 Å². The second kappa shape index (κ2) is 8.34. The molecule has 29 heavy (non-hydrogen) atoms. The standard InChI is InChI=1S/C21H24N4O3S/c1-24-16-8-9-18-20(15(16)13-22-24)23-21(29-18)25(10-11-27-2)19(26)12-14-6-4-5-7-17(14)28-3/h4-7,13H,8-12H2,1-3H3. The molecule has 152 valence electrons. The van der Waals surface area contributed by atoms with E-state index in [2.05, 4.69) is 5.10 Å². The van der Waals surface area contributed by atoms with Crippen LogP contribution in [0.15, 0.2) is 30.5 Å². The van der Waals surface area contributed by atoms with E-state index in [4.69, 9.17) is 14.5 Å². The number of methoxy groups -OCH3 is 2. The van der Waals surface area contributed by atoms with Crippen molar-refractivity contribution < 1.29 is 14.3 Å². The molecule has 0 N–H and O–H groups in total. The average molecular weight is 413 g/mol. The third-order valence-electron chi connectivity index (χ3n) is 5.18. The zero-order chi connectivity index (χ0) is 20.4. The Morgan fingerprint density at radius 1 is 1.28 bits per heavy atom. The molecular formula is C21H24N4O3S. The molecule has 0 radical (unpaired) electrons. The molecule has 0 aliphatic heterocycles. The number of thiazole rings is 1.